The molecule has 3 heteroatoms. The van der Waals surface area contributed by atoms with E-state index in [9.17, 15) is 0 Å². The highest BCUT2D eigenvalue weighted by Crippen LogP contribution is 2.22. The number of nitrogen functional groups attached to an aromatic ring is 1. The van der Waals surface area contributed by atoms with Crippen LogP contribution in [0.5, 0.6) is 0 Å². The number of allylic oxidation sites excluding steroid dienone is 1. The van der Waals surface area contributed by atoms with Gasteiger partial charge in [0.15, 0.2) is 5.82 Å². The maximum atomic E-state index is 5.67. The van der Waals surface area contributed by atoms with Gasteiger partial charge in [-0.05, 0) is 24.6 Å². The first-order chi connectivity index (χ1) is 6.18. The summed E-state index contributed by atoms with van der Waals surface area (Å²) < 4.78 is 0. The summed E-state index contributed by atoms with van der Waals surface area (Å²) in [6.07, 6.45) is 0. The van der Waals surface area contributed by atoms with E-state index in [0.29, 0.717) is 5.82 Å². The Bertz CT molecular complexity index is 468. The van der Waals surface area contributed by atoms with E-state index >= 15 is 0 Å². The minimum Gasteiger partial charge on any atom is -0.382 e. The average molecular weight is 173 g/mol. The van der Waals surface area contributed by atoms with Crippen molar-refractivity contribution in [2.45, 2.75) is 6.92 Å². The summed E-state index contributed by atoms with van der Waals surface area (Å²) >= 11 is 0. The van der Waals surface area contributed by atoms with Gasteiger partial charge in [-0.15, -0.1) is 0 Å². The average Bonchev–Trinajstić information content (AvgIpc) is 2.47. The molecule has 0 saturated carbocycles. The molecule has 3 N–H and O–H groups in total. The van der Waals surface area contributed by atoms with Crippen molar-refractivity contribution in [2.24, 2.45) is 0 Å². The number of benzene rings is 1. The maximum Gasteiger partial charge on any atom is 0.153 e. The van der Waals surface area contributed by atoms with Gasteiger partial charge in [-0.25, -0.2) is 0 Å². The van der Waals surface area contributed by atoms with Crippen molar-refractivity contribution in [3.8, 4) is 0 Å². The summed E-state index contributed by atoms with van der Waals surface area (Å²) in [5.41, 5.74) is 8.76. The molecule has 0 aliphatic rings. The van der Waals surface area contributed by atoms with E-state index in [2.05, 4.69) is 16.8 Å². The number of rotatable bonds is 1. The number of fused-ring (bicyclic) bond motifs is 1. The number of H-pyrrole nitrogens is 1. The highest BCUT2D eigenvalue weighted by Gasteiger charge is 2.02. The van der Waals surface area contributed by atoms with Gasteiger partial charge in [0.1, 0.15) is 0 Å². The van der Waals surface area contributed by atoms with Crippen LogP contribution < -0.4 is 5.73 Å². The van der Waals surface area contributed by atoms with Crippen LogP contribution >= 0.6 is 0 Å². The Morgan fingerprint density at radius 3 is 3.00 bits per heavy atom. The molecule has 0 amide bonds. The molecule has 0 fully saturated rings. The van der Waals surface area contributed by atoms with Crippen molar-refractivity contribution in [2.75, 3.05) is 5.73 Å². The summed E-state index contributed by atoms with van der Waals surface area (Å²) in [6.45, 7) is 5.84. The molecule has 0 radical (unpaired) electrons. The molecule has 13 heavy (non-hydrogen) atoms. The number of hydrogen-bond acceptors (Lipinski definition) is 2. The van der Waals surface area contributed by atoms with E-state index in [1.165, 1.54) is 0 Å². The van der Waals surface area contributed by atoms with E-state index < -0.39 is 0 Å². The minimum atomic E-state index is 0.540. The van der Waals surface area contributed by atoms with Crippen LogP contribution in [0, 0.1) is 0 Å². The van der Waals surface area contributed by atoms with Crippen molar-refractivity contribution >= 4 is 22.3 Å². The molecular weight excluding hydrogens is 162 g/mol. The Hall–Kier alpha value is -1.77. The molecule has 2 rings (SSSR count). The number of aromatic amines is 1. The van der Waals surface area contributed by atoms with Gasteiger partial charge in [-0.2, -0.15) is 5.10 Å². The summed E-state index contributed by atoms with van der Waals surface area (Å²) in [4.78, 5) is 0. The molecule has 0 aliphatic carbocycles. The van der Waals surface area contributed by atoms with E-state index in [-0.39, 0.29) is 0 Å². The smallest absolute Gasteiger partial charge is 0.153 e. The van der Waals surface area contributed by atoms with Crippen molar-refractivity contribution < 1.29 is 0 Å². The first kappa shape index (κ1) is 7.86. The maximum absolute atomic E-state index is 5.67. The molecule has 3 nitrogen and oxygen atoms in total. The topological polar surface area (TPSA) is 54.7 Å². The summed E-state index contributed by atoms with van der Waals surface area (Å²) in [7, 11) is 0. The zero-order chi connectivity index (χ0) is 9.42. The van der Waals surface area contributed by atoms with Gasteiger partial charge in [0, 0.05) is 5.39 Å². The highest BCUT2D eigenvalue weighted by molar-refractivity contribution is 5.90. The largest absolute Gasteiger partial charge is 0.382 e. The van der Waals surface area contributed by atoms with E-state index in [1.54, 1.807) is 0 Å². The Balaban J connectivity index is 2.72. The van der Waals surface area contributed by atoms with Crippen molar-refractivity contribution in [1.82, 2.24) is 10.2 Å². The standard InChI is InChI=1S/C10H11N3/c1-6(2)7-3-4-9-8(5-7)10(11)13-12-9/h3-5H,1H2,2H3,(H3,11,12,13). The first-order valence-corrected chi connectivity index (χ1v) is 4.08. The van der Waals surface area contributed by atoms with Crippen LogP contribution in [-0.4, -0.2) is 10.2 Å². The van der Waals surface area contributed by atoms with Gasteiger partial charge < -0.3 is 5.73 Å². The van der Waals surface area contributed by atoms with Crippen LogP contribution in [-0.2, 0) is 0 Å². The Kier molecular flexibility index (Phi) is 1.59. The lowest BCUT2D eigenvalue weighted by molar-refractivity contribution is 1.13. The van der Waals surface area contributed by atoms with Crippen LogP contribution in [0.4, 0.5) is 5.82 Å². The fourth-order valence-corrected chi connectivity index (χ4v) is 1.30. The van der Waals surface area contributed by atoms with E-state index in [1.807, 2.05) is 25.1 Å². The van der Waals surface area contributed by atoms with Gasteiger partial charge >= 0.3 is 0 Å². The van der Waals surface area contributed by atoms with Crippen LogP contribution in [0.15, 0.2) is 24.8 Å². The molecule has 0 aliphatic heterocycles. The molecule has 1 aromatic heterocycles. The number of hydrogen-bond donors (Lipinski definition) is 2. The Labute approximate surface area is 76.3 Å². The second kappa shape index (κ2) is 2.62. The molecule has 2 aromatic rings. The molecule has 0 saturated heterocycles. The van der Waals surface area contributed by atoms with Crippen LogP contribution in [0.2, 0.25) is 0 Å². The quantitative estimate of drug-likeness (QED) is 0.694. The SMILES string of the molecule is C=C(C)c1ccc2[nH]nc(N)c2c1. The predicted molar refractivity (Wildman–Crippen MR) is 55.2 cm³/mol. The molecular formula is C10H11N3. The van der Waals surface area contributed by atoms with Gasteiger partial charge in [-0.3, -0.25) is 5.10 Å². The summed E-state index contributed by atoms with van der Waals surface area (Å²) in [5, 5.41) is 7.73. The molecule has 66 valence electrons. The lowest BCUT2D eigenvalue weighted by Crippen LogP contribution is -1.84. The molecule has 1 aromatic carbocycles. The fraction of sp³-hybridized carbons (Fsp3) is 0.100. The number of nitrogens with zero attached hydrogens (tertiary/aromatic N) is 1. The predicted octanol–water partition coefficient (Wildman–Crippen LogP) is 2.18. The number of nitrogens with two attached hydrogens (primary N) is 1. The van der Waals surface area contributed by atoms with Gasteiger partial charge in [0.25, 0.3) is 0 Å². The summed E-state index contributed by atoms with van der Waals surface area (Å²) in [5.74, 6) is 0.540. The summed E-state index contributed by atoms with van der Waals surface area (Å²) in [6, 6.07) is 5.96. The fourth-order valence-electron chi connectivity index (χ4n) is 1.30. The minimum absolute atomic E-state index is 0.540. The zero-order valence-corrected chi connectivity index (χ0v) is 7.46. The third-order valence-electron chi connectivity index (χ3n) is 2.09. The highest BCUT2D eigenvalue weighted by atomic mass is 15.1. The zero-order valence-electron chi connectivity index (χ0n) is 7.46. The Morgan fingerprint density at radius 1 is 1.54 bits per heavy atom. The van der Waals surface area contributed by atoms with Gasteiger partial charge in [0.05, 0.1) is 5.52 Å². The van der Waals surface area contributed by atoms with Crippen LogP contribution in [0.3, 0.4) is 0 Å². The molecule has 0 spiro atoms. The molecule has 0 unspecified atom stereocenters. The molecule has 0 bridgehead atoms. The van der Waals surface area contributed by atoms with Crippen LogP contribution in [0.1, 0.15) is 12.5 Å². The lowest BCUT2D eigenvalue weighted by Gasteiger charge is -1.98. The van der Waals surface area contributed by atoms with Crippen molar-refractivity contribution in [3.05, 3.63) is 30.3 Å². The third kappa shape index (κ3) is 1.18. The lowest BCUT2D eigenvalue weighted by atomic mass is 10.1. The first-order valence-electron chi connectivity index (χ1n) is 4.08. The van der Waals surface area contributed by atoms with E-state index in [4.69, 9.17) is 5.73 Å². The monoisotopic (exact) mass is 173 g/mol. The van der Waals surface area contributed by atoms with Crippen LogP contribution in [0.25, 0.3) is 16.5 Å². The third-order valence-corrected chi connectivity index (χ3v) is 2.09. The van der Waals surface area contributed by atoms with Gasteiger partial charge in [-0.1, -0.05) is 18.2 Å². The second-order valence-electron chi connectivity index (χ2n) is 3.15. The normalized spacial score (nSPS) is 10.5. The van der Waals surface area contributed by atoms with Gasteiger partial charge in [0.2, 0.25) is 0 Å². The Morgan fingerprint density at radius 2 is 2.31 bits per heavy atom. The number of anilines is 1. The van der Waals surface area contributed by atoms with E-state index in [0.717, 1.165) is 22.0 Å². The molecule has 0 atom stereocenters. The number of aromatic nitrogens is 2. The van der Waals surface area contributed by atoms with Crippen molar-refractivity contribution in [1.29, 1.82) is 0 Å². The van der Waals surface area contributed by atoms with Crippen molar-refractivity contribution in [3.63, 3.8) is 0 Å². The second-order valence-corrected chi connectivity index (χ2v) is 3.15. The number of nitrogens with one attached hydrogen (secondary N) is 1. The molecule has 1 heterocycles.